The molecular formula is C5H10O5. The van der Waals surface area contributed by atoms with Gasteiger partial charge in [-0.15, -0.1) is 0 Å². The Kier molecular flexibility index (Phi) is 5.80. The molecule has 0 saturated heterocycles. The molecule has 0 fully saturated rings. The Morgan fingerprint density at radius 1 is 1.30 bits per heavy atom. The van der Waals surface area contributed by atoms with E-state index in [4.69, 9.17) is 14.9 Å². The van der Waals surface area contributed by atoms with Gasteiger partial charge in [0.1, 0.15) is 6.61 Å². The molecule has 2 N–H and O–H groups in total. The lowest BCUT2D eigenvalue weighted by atomic mass is 10.7. The smallest absolute Gasteiger partial charge is 0.450 e. The summed E-state index contributed by atoms with van der Waals surface area (Å²) in [4.78, 5) is 9.70. The number of carbonyl (C=O) groups is 1. The Morgan fingerprint density at radius 3 is 2.50 bits per heavy atom. The Morgan fingerprint density at radius 2 is 2.00 bits per heavy atom. The molecule has 0 aromatic heterocycles. The fourth-order valence-electron chi connectivity index (χ4n) is 0.355. The minimum Gasteiger partial charge on any atom is -0.450 e. The topological polar surface area (TPSA) is 76.0 Å². The van der Waals surface area contributed by atoms with E-state index in [1.165, 1.54) is 0 Å². The molecule has 0 aliphatic carbocycles. The van der Waals surface area contributed by atoms with Crippen LogP contribution in [0.2, 0.25) is 0 Å². The van der Waals surface area contributed by atoms with Gasteiger partial charge in [0.05, 0.1) is 19.8 Å². The van der Waals surface area contributed by atoms with E-state index in [2.05, 4.69) is 4.74 Å². The van der Waals surface area contributed by atoms with E-state index in [0.29, 0.717) is 0 Å². The van der Waals surface area contributed by atoms with Gasteiger partial charge in [0, 0.05) is 0 Å². The van der Waals surface area contributed by atoms with Gasteiger partial charge in [-0.1, -0.05) is 0 Å². The first-order valence-electron chi connectivity index (χ1n) is 2.81. The molecule has 5 nitrogen and oxygen atoms in total. The minimum absolute atomic E-state index is 0.00926. The SMILES string of the molecule is O=C(O)OCCOCCO. The third-order valence-electron chi connectivity index (χ3n) is 0.689. The van der Waals surface area contributed by atoms with Crippen molar-refractivity contribution in [3.8, 4) is 0 Å². The second kappa shape index (κ2) is 6.31. The number of hydrogen-bond acceptors (Lipinski definition) is 4. The molecule has 0 heterocycles. The second-order valence-electron chi connectivity index (χ2n) is 1.45. The zero-order valence-electron chi connectivity index (χ0n) is 5.45. The van der Waals surface area contributed by atoms with Gasteiger partial charge in [0.15, 0.2) is 0 Å². The largest absolute Gasteiger partial charge is 0.505 e. The van der Waals surface area contributed by atoms with Crippen molar-refractivity contribution in [3.05, 3.63) is 0 Å². The molecule has 60 valence electrons. The number of hydrogen-bond donors (Lipinski definition) is 2. The number of aliphatic hydroxyl groups is 1. The van der Waals surface area contributed by atoms with Crippen LogP contribution < -0.4 is 0 Å². The van der Waals surface area contributed by atoms with Crippen molar-refractivity contribution in [2.45, 2.75) is 0 Å². The lowest BCUT2D eigenvalue weighted by Crippen LogP contribution is -2.09. The number of ether oxygens (including phenoxy) is 2. The maximum Gasteiger partial charge on any atom is 0.505 e. The molecule has 0 amide bonds. The summed E-state index contributed by atoms with van der Waals surface area (Å²) < 4.78 is 8.79. The fraction of sp³-hybridized carbons (Fsp3) is 0.800. The van der Waals surface area contributed by atoms with Crippen LogP contribution in [0.3, 0.4) is 0 Å². The van der Waals surface area contributed by atoms with Gasteiger partial charge in [-0.3, -0.25) is 0 Å². The zero-order chi connectivity index (χ0) is 7.82. The molecular weight excluding hydrogens is 140 g/mol. The summed E-state index contributed by atoms with van der Waals surface area (Å²) in [6.07, 6.45) is -1.31. The average molecular weight is 150 g/mol. The van der Waals surface area contributed by atoms with Crippen LogP contribution in [-0.4, -0.2) is 42.8 Å². The van der Waals surface area contributed by atoms with Crippen LogP contribution in [-0.2, 0) is 9.47 Å². The van der Waals surface area contributed by atoms with Gasteiger partial charge in [-0.25, -0.2) is 4.79 Å². The van der Waals surface area contributed by atoms with E-state index in [0.717, 1.165) is 0 Å². The van der Waals surface area contributed by atoms with E-state index < -0.39 is 6.16 Å². The van der Waals surface area contributed by atoms with Crippen LogP contribution in [0.15, 0.2) is 0 Å². The number of carboxylic acid groups (broad SMARTS) is 1. The van der Waals surface area contributed by atoms with Crippen LogP contribution in [0, 0.1) is 0 Å². The van der Waals surface area contributed by atoms with Gasteiger partial charge in [-0.2, -0.15) is 0 Å². The molecule has 0 radical (unpaired) electrons. The fourth-order valence-corrected chi connectivity index (χ4v) is 0.355. The molecule has 10 heavy (non-hydrogen) atoms. The van der Waals surface area contributed by atoms with Crippen molar-refractivity contribution < 1.29 is 24.5 Å². The molecule has 0 aromatic rings. The van der Waals surface area contributed by atoms with Crippen LogP contribution >= 0.6 is 0 Å². The van der Waals surface area contributed by atoms with Crippen molar-refractivity contribution in [2.24, 2.45) is 0 Å². The van der Waals surface area contributed by atoms with Gasteiger partial charge in [0.25, 0.3) is 0 Å². The predicted molar refractivity (Wildman–Crippen MR) is 31.9 cm³/mol. The maximum atomic E-state index is 9.70. The minimum atomic E-state index is -1.31. The third-order valence-corrected chi connectivity index (χ3v) is 0.689. The van der Waals surface area contributed by atoms with Crippen molar-refractivity contribution in [1.82, 2.24) is 0 Å². The molecule has 0 spiro atoms. The lowest BCUT2D eigenvalue weighted by Gasteiger charge is -2.00. The quantitative estimate of drug-likeness (QED) is 0.415. The monoisotopic (exact) mass is 150 g/mol. The van der Waals surface area contributed by atoms with E-state index >= 15 is 0 Å². The maximum absolute atomic E-state index is 9.70. The molecule has 5 heteroatoms. The summed E-state index contributed by atoms with van der Waals surface area (Å²) in [7, 11) is 0. The predicted octanol–water partition coefficient (Wildman–Crippen LogP) is -0.310. The molecule has 0 saturated carbocycles. The lowest BCUT2D eigenvalue weighted by molar-refractivity contribution is 0.0363. The van der Waals surface area contributed by atoms with Crippen molar-refractivity contribution in [2.75, 3.05) is 26.4 Å². The van der Waals surface area contributed by atoms with E-state index in [1.807, 2.05) is 0 Å². The molecule has 0 rings (SSSR count). The first kappa shape index (κ1) is 9.19. The van der Waals surface area contributed by atoms with Gasteiger partial charge in [0.2, 0.25) is 0 Å². The standard InChI is InChI=1S/C5H10O5/c6-1-2-9-3-4-10-5(7)8/h6H,1-4H2,(H,7,8). The number of aliphatic hydroxyl groups excluding tert-OH is 1. The van der Waals surface area contributed by atoms with Crippen LogP contribution in [0.25, 0.3) is 0 Å². The highest BCUT2D eigenvalue weighted by atomic mass is 16.7. The highest BCUT2D eigenvalue weighted by Gasteiger charge is 1.93. The first-order chi connectivity index (χ1) is 4.77. The van der Waals surface area contributed by atoms with Gasteiger partial charge >= 0.3 is 6.16 Å². The summed E-state index contributed by atoms with van der Waals surface area (Å²) in [5.41, 5.74) is 0. The highest BCUT2D eigenvalue weighted by molar-refractivity contribution is 5.56. The second-order valence-corrected chi connectivity index (χ2v) is 1.45. The Bertz CT molecular complexity index is 92.0. The summed E-state index contributed by atoms with van der Waals surface area (Å²) >= 11 is 0. The average Bonchev–Trinajstić information content (AvgIpc) is 1.87. The molecule has 0 atom stereocenters. The summed E-state index contributed by atoms with van der Waals surface area (Å²) in [6.45, 7) is 0.345. The highest BCUT2D eigenvalue weighted by Crippen LogP contribution is 1.78. The molecule has 0 unspecified atom stereocenters. The van der Waals surface area contributed by atoms with Crippen molar-refractivity contribution in [1.29, 1.82) is 0 Å². The first-order valence-corrected chi connectivity index (χ1v) is 2.81. The summed E-state index contributed by atoms with van der Waals surface area (Å²) in [6, 6.07) is 0. The van der Waals surface area contributed by atoms with Gasteiger partial charge in [-0.05, 0) is 0 Å². The molecule has 0 aliphatic heterocycles. The molecule has 0 aromatic carbocycles. The molecule has 0 bridgehead atoms. The Labute approximate surface area is 58.2 Å². The molecule has 0 aliphatic rings. The van der Waals surface area contributed by atoms with Crippen molar-refractivity contribution >= 4 is 6.16 Å². The number of rotatable bonds is 5. The van der Waals surface area contributed by atoms with Crippen LogP contribution in [0.4, 0.5) is 4.79 Å². The van der Waals surface area contributed by atoms with Crippen LogP contribution in [0.5, 0.6) is 0 Å². The van der Waals surface area contributed by atoms with E-state index in [9.17, 15) is 4.79 Å². The summed E-state index contributed by atoms with van der Waals surface area (Å²) in [5, 5.41) is 16.1. The van der Waals surface area contributed by atoms with Crippen LogP contribution in [0.1, 0.15) is 0 Å². The normalized spacial score (nSPS) is 9.30. The van der Waals surface area contributed by atoms with E-state index in [-0.39, 0.29) is 26.4 Å². The van der Waals surface area contributed by atoms with Gasteiger partial charge < -0.3 is 19.7 Å². The third kappa shape index (κ3) is 7.19. The van der Waals surface area contributed by atoms with E-state index in [1.54, 1.807) is 0 Å². The van der Waals surface area contributed by atoms with Crippen molar-refractivity contribution in [3.63, 3.8) is 0 Å². The zero-order valence-corrected chi connectivity index (χ0v) is 5.45. The summed E-state index contributed by atoms with van der Waals surface area (Å²) in [5.74, 6) is 0. The Balaban J connectivity index is 2.84. The Hall–Kier alpha value is -0.810.